The van der Waals surface area contributed by atoms with E-state index >= 15 is 0 Å². The smallest absolute Gasteiger partial charge is 0.336 e. The van der Waals surface area contributed by atoms with Crippen molar-refractivity contribution in [1.29, 1.82) is 0 Å². The number of hydrogen-bond acceptors (Lipinski definition) is 10. The number of phenols is 1. The molecule has 2 aromatic carbocycles. The number of amides is 5. The second-order valence-corrected chi connectivity index (χ2v) is 11.5. The van der Waals surface area contributed by atoms with Gasteiger partial charge in [-0.15, -0.1) is 0 Å². The molecule has 5 amide bonds. The molecule has 0 fully saturated rings. The van der Waals surface area contributed by atoms with Gasteiger partial charge in [0.25, 0.3) is 0 Å². The number of carbonyl (C=O) groups is 7. The molecule has 53 heavy (non-hydrogen) atoms. The van der Waals surface area contributed by atoms with Gasteiger partial charge in [-0.05, 0) is 54.8 Å². The fourth-order valence-electron chi connectivity index (χ4n) is 5.22. The van der Waals surface area contributed by atoms with Gasteiger partial charge in [0.05, 0.1) is 5.56 Å². The molecular weight excluding hydrogens is 702 g/mol. The highest BCUT2D eigenvalue weighted by molar-refractivity contribution is 6.08. The van der Waals surface area contributed by atoms with E-state index in [2.05, 4.69) is 16.0 Å². The normalized spacial score (nSPS) is 11.9. The molecule has 0 unspecified atom stereocenters. The highest BCUT2D eigenvalue weighted by Crippen LogP contribution is 2.42. The van der Waals surface area contributed by atoms with Crippen molar-refractivity contribution in [1.82, 2.24) is 21.3 Å². The Labute approximate surface area is 297 Å². The number of aromatic carboxylic acids is 1. The summed E-state index contributed by atoms with van der Waals surface area (Å²) in [4.78, 5) is 94.9. The zero-order valence-corrected chi connectivity index (χ0v) is 27.5. The number of benzene rings is 3. The van der Waals surface area contributed by atoms with Crippen LogP contribution in [0.1, 0.15) is 36.0 Å². The highest BCUT2D eigenvalue weighted by Gasteiger charge is 2.26. The van der Waals surface area contributed by atoms with Crippen LogP contribution in [0.2, 0.25) is 0 Å². The summed E-state index contributed by atoms with van der Waals surface area (Å²) in [5.41, 5.74) is 0.852. The number of urea groups is 2. The molecule has 1 heterocycles. The SMILES string of the molecule is O=C(O)CC[C@H](NC(=O)N[C@@H](CCC(=O)NCCNC(=O)Nc1ccc(-c2c3ccc(=O)cc-3oc3cc(O)ccc23)c(C(=O)O)c1)C(=O)O)C(=O)O. The molecule has 19 nitrogen and oxygen atoms in total. The van der Waals surface area contributed by atoms with Crippen molar-refractivity contribution in [2.75, 3.05) is 18.4 Å². The third-order valence-electron chi connectivity index (χ3n) is 7.70. The van der Waals surface area contributed by atoms with Gasteiger partial charge in [0.1, 0.15) is 29.2 Å². The second-order valence-electron chi connectivity index (χ2n) is 11.5. The number of hydrogen-bond donors (Lipinski definition) is 10. The van der Waals surface area contributed by atoms with Crippen LogP contribution in [0.25, 0.3) is 33.4 Å². The molecule has 19 heteroatoms. The van der Waals surface area contributed by atoms with E-state index in [4.69, 9.17) is 14.6 Å². The van der Waals surface area contributed by atoms with Gasteiger partial charge < -0.3 is 56.5 Å². The summed E-state index contributed by atoms with van der Waals surface area (Å²) in [5.74, 6) is -6.23. The number of anilines is 1. The van der Waals surface area contributed by atoms with Crippen LogP contribution in [0.5, 0.6) is 5.75 Å². The number of carboxylic acids is 4. The number of phenolic OH excluding ortho intramolecular Hbond substituents is 1. The van der Waals surface area contributed by atoms with Gasteiger partial charge >= 0.3 is 35.9 Å². The lowest BCUT2D eigenvalue weighted by Gasteiger charge is -2.18. The Hall–Kier alpha value is -7.18. The second kappa shape index (κ2) is 17.2. The number of fused-ring (bicyclic) bond motifs is 2. The van der Waals surface area contributed by atoms with Gasteiger partial charge in [-0.25, -0.2) is 24.0 Å². The van der Waals surface area contributed by atoms with Gasteiger partial charge in [0.2, 0.25) is 5.91 Å². The van der Waals surface area contributed by atoms with Gasteiger partial charge in [0.15, 0.2) is 5.43 Å². The van der Waals surface area contributed by atoms with Gasteiger partial charge in [0, 0.05) is 60.3 Å². The first kappa shape index (κ1) is 38.6. The minimum Gasteiger partial charge on any atom is -0.508 e. The van der Waals surface area contributed by atoms with Crippen LogP contribution in [0.4, 0.5) is 15.3 Å². The Morgan fingerprint density at radius 2 is 1.34 bits per heavy atom. The van der Waals surface area contributed by atoms with E-state index in [1.54, 1.807) is 6.07 Å². The monoisotopic (exact) mass is 735 g/mol. The lowest BCUT2D eigenvalue weighted by Crippen LogP contribution is -2.51. The first-order valence-electron chi connectivity index (χ1n) is 15.8. The number of aromatic hydroxyl groups is 1. The molecule has 2 aromatic rings. The first-order chi connectivity index (χ1) is 25.1. The van der Waals surface area contributed by atoms with E-state index in [-0.39, 0.29) is 65.3 Å². The largest absolute Gasteiger partial charge is 0.508 e. The number of aliphatic carboxylic acids is 3. The van der Waals surface area contributed by atoms with E-state index in [0.717, 1.165) is 0 Å². The summed E-state index contributed by atoms with van der Waals surface area (Å²) < 4.78 is 5.82. The third-order valence-corrected chi connectivity index (χ3v) is 7.70. The van der Waals surface area contributed by atoms with E-state index in [1.165, 1.54) is 48.5 Å². The third kappa shape index (κ3) is 10.4. The van der Waals surface area contributed by atoms with Crippen LogP contribution in [0, 0.1) is 0 Å². The fraction of sp³-hybridized carbons (Fsp3) is 0.235. The Bertz CT molecular complexity index is 2110. The highest BCUT2D eigenvalue weighted by atomic mass is 16.4. The molecule has 1 aliphatic carbocycles. The van der Waals surface area contributed by atoms with Crippen molar-refractivity contribution >= 4 is 58.5 Å². The maximum absolute atomic E-state index is 12.6. The van der Waals surface area contributed by atoms with Crippen molar-refractivity contribution in [2.24, 2.45) is 0 Å². The molecular formula is C34H33N5O14. The molecule has 0 spiro atoms. The molecule has 4 rings (SSSR count). The Morgan fingerprint density at radius 3 is 1.98 bits per heavy atom. The lowest BCUT2D eigenvalue weighted by molar-refractivity contribution is -0.141. The quantitative estimate of drug-likeness (QED) is 0.0582. The molecule has 0 saturated heterocycles. The molecule has 0 aromatic heterocycles. The number of rotatable bonds is 16. The molecule has 1 aliphatic heterocycles. The summed E-state index contributed by atoms with van der Waals surface area (Å²) in [7, 11) is 0. The van der Waals surface area contributed by atoms with Crippen LogP contribution < -0.4 is 32.0 Å². The van der Waals surface area contributed by atoms with Crippen molar-refractivity contribution in [3.8, 4) is 28.2 Å². The van der Waals surface area contributed by atoms with Crippen LogP contribution in [-0.2, 0) is 19.2 Å². The van der Waals surface area contributed by atoms with Crippen molar-refractivity contribution in [2.45, 2.75) is 37.8 Å². The minimum absolute atomic E-state index is 0.0963. The molecule has 0 bridgehead atoms. The van der Waals surface area contributed by atoms with Crippen LogP contribution in [0.3, 0.4) is 0 Å². The summed E-state index contributed by atoms with van der Waals surface area (Å²) >= 11 is 0. The maximum Gasteiger partial charge on any atom is 0.336 e. The number of carboxylic acid groups (broad SMARTS) is 4. The summed E-state index contributed by atoms with van der Waals surface area (Å²) in [6.45, 7) is -0.196. The van der Waals surface area contributed by atoms with Crippen LogP contribution in [-0.4, -0.2) is 92.6 Å². The topological polar surface area (TPSA) is 311 Å². The van der Waals surface area contributed by atoms with E-state index in [9.17, 15) is 53.7 Å². The number of carbonyl (C=O) groups excluding carboxylic acids is 3. The zero-order valence-electron chi connectivity index (χ0n) is 27.5. The van der Waals surface area contributed by atoms with Crippen LogP contribution >= 0.6 is 0 Å². The van der Waals surface area contributed by atoms with Crippen molar-refractivity contribution in [3.05, 3.63) is 70.4 Å². The molecule has 2 aliphatic rings. The molecule has 278 valence electrons. The fourth-order valence-corrected chi connectivity index (χ4v) is 5.22. The molecule has 0 radical (unpaired) electrons. The zero-order chi connectivity index (χ0) is 38.8. The standard InChI is InChI=1S/C34H33N5O14/c40-17-2-5-20-25(14-17)53-26-15-18(41)3-6-21(26)29(20)19-4-1-16(13-22(19)30(45)46)37-33(51)36-12-11-35-27(42)9-7-23(31(47)48)38-34(52)39-24(32(49)50)8-10-28(43)44/h1-6,13-15,23-24,40H,7-12H2,(H,35,42)(H,43,44)(H,45,46)(H,47,48)(H,49,50)(H2,36,37,51)(H2,38,39,52)/t23-,24-/m0/s1. The molecule has 10 N–H and O–H groups in total. The Balaban J connectivity index is 1.32. The average molecular weight is 736 g/mol. The predicted molar refractivity (Wildman–Crippen MR) is 184 cm³/mol. The Morgan fingerprint density at radius 1 is 0.698 bits per heavy atom. The first-order valence-corrected chi connectivity index (χ1v) is 15.8. The average Bonchev–Trinajstić information content (AvgIpc) is 3.08. The maximum atomic E-state index is 12.6. The van der Waals surface area contributed by atoms with E-state index in [1.807, 2.05) is 10.6 Å². The molecule has 0 saturated carbocycles. The lowest BCUT2D eigenvalue weighted by atomic mass is 9.90. The van der Waals surface area contributed by atoms with E-state index in [0.29, 0.717) is 16.5 Å². The summed E-state index contributed by atoms with van der Waals surface area (Å²) in [6, 6.07) is 7.37. The van der Waals surface area contributed by atoms with Crippen LogP contribution in [0.15, 0.2) is 63.8 Å². The number of nitrogens with one attached hydrogen (secondary N) is 5. The Kier molecular flexibility index (Phi) is 12.5. The minimum atomic E-state index is -1.59. The summed E-state index contributed by atoms with van der Waals surface area (Å²) in [5, 5.41) is 59.2. The van der Waals surface area contributed by atoms with Crippen molar-refractivity contribution < 1.29 is 63.5 Å². The van der Waals surface area contributed by atoms with Gasteiger partial charge in [-0.2, -0.15) is 0 Å². The summed E-state index contributed by atoms with van der Waals surface area (Å²) in [6.07, 6.45) is -1.77. The van der Waals surface area contributed by atoms with E-state index < -0.39 is 66.8 Å². The molecule has 2 atom stereocenters. The van der Waals surface area contributed by atoms with Crippen molar-refractivity contribution in [3.63, 3.8) is 0 Å². The predicted octanol–water partition coefficient (Wildman–Crippen LogP) is 2.06. The van der Waals surface area contributed by atoms with Gasteiger partial charge in [-0.1, -0.05) is 6.07 Å². The van der Waals surface area contributed by atoms with Gasteiger partial charge in [-0.3, -0.25) is 14.4 Å².